The first-order valence-corrected chi connectivity index (χ1v) is 6.76. The van der Waals surface area contributed by atoms with E-state index in [1.165, 1.54) is 6.21 Å². The summed E-state index contributed by atoms with van der Waals surface area (Å²) >= 11 is 5.98. The summed E-state index contributed by atoms with van der Waals surface area (Å²) in [5.74, 6) is 0.569. The first kappa shape index (κ1) is 15.1. The molecule has 0 aliphatic rings. The minimum atomic E-state index is -0.191. The molecule has 0 aromatic heterocycles. The van der Waals surface area contributed by atoms with Gasteiger partial charge in [-0.15, -0.1) is 0 Å². The molecule has 4 nitrogen and oxygen atoms in total. The van der Waals surface area contributed by atoms with Gasteiger partial charge in [0.2, 0.25) is 5.91 Å². The van der Waals surface area contributed by atoms with Crippen molar-refractivity contribution in [3.63, 3.8) is 0 Å². The highest BCUT2D eigenvalue weighted by molar-refractivity contribution is 6.33. The van der Waals surface area contributed by atoms with Gasteiger partial charge >= 0.3 is 0 Å². The predicted octanol–water partition coefficient (Wildman–Crippen LogP) is 3.04. The van der Waals surface area contributed by atoms with Crippen LogP contribution >= 0.6 is 11.6 Å². The number of hydrogen-bond donors (Lipinski definition) is 1. The first-order valence-electron chi connectivity index (χ1n) is 6.38. The third kappa shape index (κ3) is 4.61. The van der Waals surface area contributed by atoms with Crippen molar-refractivity contribution in [1.29, 1.82) is 0 Å². The number of carbonyl (C=O) groups excluding carboxylic acids is 1. The summed E-state index contributed by atoms with van der Waals surface area (Å²) in [6.45, 7) is 0. The molecule has 1 amide bonds. The summed E-state index contributed by atoms with van der Waals surface area (Å²) in [6, 6.07) is 14.6. The van der Waals surface area contributed by atoms with E-state index in [1.54, 1.807) is 13.2 Å². The predicted molar refractivity (Wildman–Crippen MR) is 83.9 cm³/mol. The lowest BCUT2D eigenvalue weighted by atomic mass is 10.1. The molecule has 2 aromatic rings. The molecule has 0 unspecified atom stereocenters. The number of hydrazone groups is 1. The van der Waals surface area contributed by atoms with E-state index in [2.05, 4.69) is 10.5 Å². The maximum atomic E-state index is 11.8. The molecule has 0 saturated carbocycles. The summed E-state index contributed by atoms with van der Waals surface area (Å²) in [5, 5.41) is 4.49. The number of nitrogens with one attached hydrogen (secondary N) is 1. The van der Waals surface area contributed by atoms with E-state index in [4.69, 9.17) is 16.3 Å². The van der Waals surface area contributed by atoms with Gasteiger partial charge < -0.3 is 4.74 Å². The van der Waals surface area contributed by atoms with Crippen molar-refractivity contribution in [2.45, 2.75) is 6.42 Å². The van der Waals surface area contributed by atoms with Crippen LogP contribution in [0.5, 0.6) is 5.75 Å². The average Bonchev–Trinajstić information content (AvgIpc) is 2.50. The van der Waals surface area contributed by atoms with E-state index in [-0.39, 0.29) is 12.3 Å². The van der Waals surface area contributed by atoms with Crippen LogP contribution in [0.2, 0.25) is 5.02 Å². The largest absolute Gasteiger partial charge is 0.497 e. The fourth-order valence-electron chi connectivity index (χ4n) is 1.72. The summed E-state index contributed by atoms with van der Waals surface area (Å²) in [5.41, 5.74) is 4.12. The summed E-state index contributed by atoms with van der Waals surface area (Å²) < 4.78 is 5.06. The Kier molecular flexibility index (Phi) is 5.35. The Bertz CT molecular complexity index is 639. The van der Waals surface area contributed by atoms with Gasteiger partial charge in [-0.25, -0.2) is 5.43 Å². The van der Waals surface area contributed by atoms with Crippen molar-refractivity contribution in [3.8, 4) is 5.75 Å². The van der Waals surface area contributed by atoms with Gasteiger partial charge in [-0.1, -0.05) is 41.9 Å². The first-order chi connectivity index (χ1) is 10.2. The molecule has 21 heavy (non-hydrogen) atoms. The zero-order valence-electron chi connectivity index (χ0n) is 11.5. The van der Waals surface area contributed by atoms with Crippen molar-refractivity contribution < 1.29 is 9.53 Å². The van der Waals surface area contributed by atoms with Crippen LogP contribution in [-0.2, 0) is 11.2 Å². The Morgan fingerprint density at radius 1 is 1.24 bits per heavy atom. The molecule has 108 valence electrons. The molecular weight excluding hydrogens is 288 g/mol. The molecule has 0 bridgehead atoms. The van der Waals surface area contributed by atoms with Crippen LogP contribution in [0.15, 0.2) is 53.6 Å². The Hall–Kier alpha value is -2.33. The summed E-state index contributed by atoms with van der Waals surface area (Å²) in [4.78, 5) is 11.8. The van der Waals surface area contributed by atoms with Crippen LogP contribution in [0.1, 0.15) is 11.1 Å². The van der Waals surface area contributed by atoms with Crippen LogP contribution < -0.4 is 10.2 Å². The van der Waals surface area contributed by atoms with Crippen LogP contribution in [0.3, 0.4) is 0 Å². The minimum Gasteiger partial charge on any atom is -0.497 e. The van der Waals surface area contributed by atoms with E-state index in [0.29, 0.717) is 5.02 Å². The number of halogens is 1. The van der Waals surface area contributed by atoms with E-state index in [1.807, 2.05) is 42.5 Å². The highest BCUT2D eigenvalue weighted by Gasteiger charge is 2.02. The minimum absolute atomic E-state index is 0.191. The topological polar surface area (TPSA) is 50.7 Å². The average molecular weight is 303 g/mol. The number of nitrogens with zero attached hydrogens (tertiary/aromatic N) is 1. The van der Waals surface area contributed by atoms with Gasteiger partial charge in [0.05, 0.1) is 19.7 Å². The van der Waals surface area contributed by atoms with E-state index in [0.717, 1.165) is 16.9 Å². The Balaban J connectivity index is 1.88. The molecular formula is C16H15ClN2O2. The van der Waals surface area contributed by atoms with Crippen molar-refractivity contribution in [2.24, 2.45) is 5.10 Å². The van der Waals surface area contributed by atoms with Crippen molar-refractivity contribution in [2.75, 3.05) is 7.11 Å². The molecule has 2 rings (SSSR count). The van der Waals surface area contributed by atoms with Crippen molar-refractivity contribution in [1.82, 2.24) is 5.43 Å². The molecule has 1 N–H and O–H groups in total. The summed E-state index contributed by atoms with van der Waals surface area (Å²) in [6.07, 6.45) is 1.78. The highest BCUT2D eigenvalue weighted by atomic mass is 35.5. The molecule has 0 fully saturated rings. The second-order valence-electron chi connectivity index (χ2n) is 4.34. The number of rotatable bonds is 5. The fraction of sp³-hybridized carbons (Fsp3) is 0.125. The standard InChI is InChI=1S/C16H15ClN2O2/c1-21-14-8-6-12(7-9-14)10-16(20)19-18-11-13-4-2-3-5-15(13)17/h2-9,11H,10H2,1H3,(H,19,20)/b18-11+. The SMILES string of the molecule is COc1ccc(CC(=O)N/N=C/c2ccccc2Cl)cc1. The van der Waals surface area contributed by atoms with E-state index in [9.17, 15) is 4.79 Å². The molecule has 0 aliphatic heterocycles. The van der Waals surface area contributed by atoms with Gasteiger partial charge in [0.25, 0.3) is 0 Å². The number of benzene rings is 2. The monoisotopic (exact) mass is 302 g/mol. The van der Waals surface area contributed by atoms with Crippen LogP contribution in [0.25, 0.3) is 0 Å². The number of methoxy groups -OCH3 is 1. The third-order valence-corrected chi connectivity index (χ3v) is 3.17. The zero-order valence-corrected chi connectivity index (χ0v) is 12.3. The number of carbonyl (C=O) groups is 1. The third-order valence-electron chi connectivity index (χ3n) is 2.82. The Morgan fingerprint density at radius 3 is 2.62 bits per heavy atom. The summed E-state index contributed by atoms with van der Waals surface area (Å²) in [7, 11) is 1.60. The molecule has 0 aliphatic carbocycles. The fourth-order valence-corrected chi connectivity index (χ4v) is 1.91. The lowest BCUT2D eigenvalue weighted by Gasteiger charge is -2.03. The second-order valence-corrected chi connectivity index (χ2v) is 4.75. The van der Waals surface area contributed by atoms with Gasteiger partial charge in [-0.3, -0.25) is 4.79 Å². The molecule has 5 heteroatoms. The van der Waals surface area contributed by atoms with E-state index >= 15 is 0 Å². The van der Waals surface area contributed by atoms with Gasteiger partial charge in [0.15, 0.2) is 0 Å². The smallest absolute Gasteiger partial charge is 0.244 e. The van der Waals surface area contributed by atoms with Gasteiger partial charge in [0.1, 0.15) is 5.75 Å². The number of hydrogen-bond acceptors (Lipinski definition) is 3. The highest BCUT2D eigenvalue weighted by Crippen LogP contribution is 2.12. The maximum absolute atomic E-state index is 11.8. The second kappa shape index (κ2) is 7.45. The van der Waals surface area contributed by atoms with Crippen molar-refractivity contribution in [3.05, 3.63) is 64.7 Å². The zero-order chi connectivity index (χ0) is 15.1. The lowest BCUT2D eigenvalue weighted by molar-refractivity contribution is -0.120. The Labute approximate surface area is 128 Å². The number of ether oxygens (including phenoxy) is 1. The molecule has 0 saturated heterocycles. The Morgan fingerprint density at radius 2 is 1.95 bits per heavy atom. The molecule has 0 radical (unpaired) electrons. The van der Waals surface area contributed by atoms with E-state index < -0.39 is 0 Å². The van der Waals surface area contributed by atoms with Gasteiger partial charge in [-0.2, -0.15) is 5.10 Å². The van der Waals surface area contributed by atoms with Gasteiger partial charge in [0, 0.05) is 10.6 Å². The maximum Gasteiger partial charge on any atom is 0.244 e. The van der Waals surface area contributed by atoms with Gasteiger partial charge in [-0.05, 0) is 23.8 Å². The molecule has 2 aromatic carbocycles. The molecule has 0 atom stereocenters. The lowest BCUT2D eigenvalue weighted by Crippen LogP contribution is -2.19. The normalized spacial score (nSPS) is 10.6. The number of amides is 1. The van der Waals surface area contributed by atoms with Crippen LogP contribution in [0, 0.1) is 0 Å². The quantitative estimate of drug-likeness (QED) is 0.682. The molecule has 0 spiro atoms. The van der Waals surface area contributed by atoms with Crippen LogP contribution in [0.4, 0.5) is 0 Å². The molecule has 0 heterocycles. The van der Waals surface area contributed by atoms with Crippen LogP contribution in [-0.4, -0.2) is 19.2 Å². The van der Waals surface area contributed by atoms with Crippen molar-refractivity contribution >= 4 is 23.7 Å².